The Hall–Kier alpha value is -2.02. The van der Waals surface area contributed by atoms with Gasteiger partial charge in [0.1, 0.15) is 5.75 Å². The summed E-state index contributed by atoms with van der Waals surface area (Å²) in [6.07, 6.45) is 5.25. The first-order valence-electron chi connectivity index (χ1n) is 6.11. The van der Waals surface area contributed by atoms with Crippen molar-refractivity contribution in [3.05, 3.63) is 24.0 Å². The Morgan fingerprint density at radius 1 is 1.15 bits per heavy atom. The standard InChI is InChI=1S/C13H17N5OS/c1-7(2)8-5-16-11(20-3)4-9(8)19-10-6-17-13(15)18-12(10)14/h4-7H,1-3H3,(H4,14,15,17,18). The molecule has 106 valence electrons. The van der Waals surface area contributed by atoms with Crippen molar-refractivity contribution in [2.24, 2.45) is 0 Å². The zero-order valence-corrected chi connectivity index (χ0v) is 12.4. The lowest BCUT2D eigenvalue weighted by molar-refractivity contribution is 0.468. The van der Waals surface area contributed by atoms with E-state index in [1.54, 1.807) is 11.8 Å². The normalized spacial score (nSPS) is 10.8. The zero-order valence-electron chi connectivity index (χ0n) is 11.6. The number of hydrogen-bond acceptors (Lipinski definition) is 7. The zero-order chi connectivity index (χ0) is 14.7. The third-order valence-electron chi connectivity index (χ3n) is 2.72. The van der Waals surface area contributed by atoms with Gasteiger partial charge in [-0.2, -0.15) is 4.98 Å². The van der Waals surface area contributed by atoms with Gasteiger partial charge in [-0.25, -0.2) is 9.97 Å². The molecule has 0 saturated heterocycles. The van der Waals surface area contributed by atoms with Crippen LogP contribution in [0.2, 0.25) is 0 Å². The highest BCUT2D eigenvalue weighted by atomic mass is 32.2. The van der Waals surface area contributed by atoms with Gasteiger partial charge in [0.2, 0.25) is 5.95 Å². The highest BCUT2D eigenvalue weighted by Gasteiger charge is 2.13. The Morgan fingerprint density at radius 3 is 2.50 bits per heavy atom. The van der Waals surface area contributed by atoms with E-state index in [4.69, 9.17) is 16.2 Å². The molecule has 0 fully saturated rings. The second-order valence-corrected chi connectivity index (χ2v) is 5.33. The van der Waals surface area contributed by atoms with E-state index < -0.39 is 0 Å². The Bertz CT molecular complexity index is 618. The van der Waals surface area contributed by atoms with Crippen molar-refractivity contribution in [1.29, 1.82) is 0 Å². The number of nitrogen functional groups attached to an aromatic ring is 2. The molecule has 20 heavy (non-hydrogen) atoms. The van der Waals surface area contributed by atoms with Crippen LogP contribution >= 0.6 is 11.8 Å². The van der Waals surface area contributed by atoms with Gasteiger partial charge in [-0.05, 0) is 12.2 Å². The molecule has 0 saturated carbocycles. The minimum atomic E-state index is 0.124. The topological polar surface area (TPSA) is 99.9 Å². The highest BCUT2D eigenvalue weighted by molar-refractivity contribution is 7.98. The summed E-state index contributed by atoms with van der Waals surface area (Å²) < 4.78 is 5.84. The maximum Gasteiger partial charge on any atom is 0.222 e. The molecule has 0 aliphatic heterocycles. The van der Waals surface area contributed by atoms with Crippen molar-refractivity contribution < 1.29 is 4.74 Å². The molecule has 4 N–H and O–H groups in total. The first-order chi connectivity index (χ1) is 9.51. The van der Waals surface area contributed by atoms with Crippen molar-refractivity contribution in [2.45, 2.75) is 24.8 Å². The smallest absolute Gasteiger partial charge is 0.222 e. The Balaban J connectivity index is 2.40. The minimum Gasteiger partial charge on any atom is -0.451 e. The summed E-state index contributed by atoms with van der Waals surface area (Å²) in [6.45, 7) is 4.15. The maximum atomic E-state index is 5.84. The third kappa shape index (κ3) is 3.11. The summed E-state index contributed by atoms with van der Waals surface area (Å²) in [5, 5.41) is 0.874. The number of nitrogens with zero attached hydrogens (tertiary/aromatic N) is 3. The van der Waals surface area contributed by atoms with E-state index in [-0.39, 0.29) is 17.7 Å². The van der Waals surface area contributed by atoms with E-state index in [1.165, 1.54) is 6.20 Å². The molecule has 2 heterocycles. The molecule has 7 heteroatoms. The van der Waals surface area contributed by atoms with Gasteiger partial charge >= 0.3 is 0 Å². The third-order valence-corrected chi connectivity index (χ3v) is 3.36. The number of aromatic nitrogens is 3. The van der Waals surface area contributed by atoms with Crippen LogP contribution < -0.4 is 16.2 Å². The van der Waals surface area contributed by atoms with Crippen LogP contribution in [0.4, 0.5) is 11.8 Å². The van der Waals surface area contributed by atoms with Crippen molar-refractivity contribution in [3.63, 3.8) is 0 Å². The fourth-order valence-electron chi connectivity index (χ4n) is 1.66. The van der Waals surface area contributed by atoms with E-state index in [1.807, 2.05) is 18.5 Å². The maximum absolute atomic E-state index is 5.84. The van der Waals surface area contributed by atoms with Gasteiger partial charge in [-0.3, -0.25) is 0 Å². The number of thioether (sulfide) groups is 1. The van der Waals surface area contributed by atoms with Gasteiger partial charge in [0.25, 0.3) is 0 Å². The number of pyridine rings is 1. The quantitative estimate of drug-likeness (QED) is 0.835. The average molecular weight is 291 g/mol. The minimum absolute atomic E-state index is 0.124. The molecule has 0 amide bonds. The number of nitrogens with two attached hydrogens (primary N) is 2. The van der Waals surface area contributed by atoms with Crippen molar-refractivity contribution in [3.8, 4) is 11.5 Å². The van der Waals surface area contributed by atoms with Gasteiger partial charge in [0, 0.05) is 17.8 Å². The summed E-state index contributed by atoms with van der Waals surface area (Å²) in [5.74, 6) is 1.72. The Labute approximate surface area is 122 Å². The monoisotopic (exact) mass is 291 g/mol. The van der Waals surface area contributed by atoms with Crippen LogP contribution in [0.1, 0.15) is 25.3 Å². The van der Waals surface area contributed by atoms with Gasteiger partial charge in [0.15, 0.2) is 11.6 Å². The lowest BCUT2D eigenvalue weighted by atomic mass is 10.1. The van der Waals surface area contributed by atoms with Crippen LogP contribution in [0.5, 0.6) is 11.5 Å². The SMILES string of the molecule is CSc1cc(Oc2cnc(N)nc2N)c(C(C)C)cn1. The summed E-state index contributed by atoms with van der Waals surface area (Å²) in [7, 11) is 0. The lowest BCUT2D eigenvalue weighted by Crippen LogP contribution is -2.03. The molecule has 0 radical (unpaired) electrons. The van der Waals surface area contributed by atoms with E-state index in [9.17, 15) is 0 Å². The molecule has 0 aromatic carbocycles. The average Bonchev–Trinajstić information content (AvgIpc) is 2.41. The second kappa shape index (κ2) is 5.96. The van der Waals surface area contributed by atoms with Gasteiger partial charge in [0.05, 0.1) is 11.2 Å². The van der Waals surface area contributed by atoms with Gasteiger partial charge in [-0.1, -0.05) is 13.8 Å². The number of rotatable bonds is 4. The van der Waals surface area contributed by atoms with E-state index in [0.29, 0.717) is 11.5 Å². The molecule has 0 bridgehead atoms. The molecule has 0 spiro atoms. The van der Waals surface area contributed by atoms with Crippen LogP contribution in [0, 0.1) is 0 Å². The number of ether oxygens (including phenoxy) is 1. The number of hydrogen-bond donors (Lipinski definition) is 2. The molecule has 2 aromatic heterocycles. The Kier molecular flexibility index (Phi) is 4.29. The predicted molar refractivity (Wildman–Crippen MR) is 81.0 cm³/mol. The molecule has 2 rings (SSSR count). The van der Waals surface area contributed by atoms with E-state index in [2.05, 4.69) is 28.8 Å². The lowest BCUT2D eigenvalue weighted by Gasteiger charge is -2.14. The van der Waals surface area contributed by atoms with E-state index >= 15 is 0 Å². The van der Waals surface area contributed by atoms with Gasteiger partial charge in [-0.15, -0.1) is 11.8 Å². The summed E-state index contributed by atoms with van der Waals surface area (Å²) in [5.41, 5.74) is 12.3. The molecule has 2 aromatic rings. The highest BCUT2D eigenvalue weighted by Crippen LogP contribution is 2.33. The van der Waals surface area contributed by atoms with Crippen molar-refractivity contribution in [2.75, 3.05) is 17.7 Å². The van der Waals surface area contributed by atoms with Crippen LogP contribution in [-0.4, -0.2) is 21.2 Å². The van der Waals surface area contributed by atoms with Crippen molar-refractivity contribution in [1.82, 2.24) is 15.0 Å². The molecule has 0 aliphatic rings. The largest absolute Gasteiger partial charge is 0.451 e. The fraction of sp³-hybridized carbons (Fsp3) is 0.308. The second-order valence-electron chi connectivity index (χ2n) is 4.50. The van der Waals surface area contributed by atoms with Crippen LogP contribution in [0.15, 0.2) is 23.5 Å². The van der Waals surface area contributed by atoms with Crippen LogP contribution in [0.3, 0.4) is 0 Å². The Morgan fingerprint density at radius 2 is 1.90 bits per heavy atom. The van der Waals surface area contributed by atoms with Crippen LogP contribution in [-0.2, 0) is 0 Å². The first kappa shape index (κ1) is 14.4. The fourth-order valence-corrected chi connectivity index (χ4v) is 2.04. The summed E-state index contributed by atoms with van der Waals surface area (Å²) in [6, 6.07) is 1.88. The molecular weight excluding hydrogens is 274 g/mol. The predicted octanol–water partition coefficient (Wildman–Crippen LogP) is 2.67. The summed E-state index contributed by atoms with van der Waals surface area (Å²) in [4.78, 5) is 12.1. The number of anilines is 2. The van der Waals surface area contributed by atoms with Gasteiger partial charge < -0.3 is 16.2 Å². The van der Waals surface area contributed by atoms with Crippen LogP contribution in [0.25, 0.3) is 0 Å². The van der Waals surface area contributed by atoms with E-state index in [0.717, 1.165) is 10.6 Å². The molecule has 0 unspecified atom stereocenters. The molecule has 0 aliphatic carbocycles. The summed E-state index contributed by atoms with van der Waals surface area (Å²) >= 11 is 1.55. The molecular formula is C13H17N5OS. The van der Waals surface area contributed by atoms with Crippen molar-refractivity contribution >= 4 is 23.5 Å². The molecule has 6 nitrogen and oxygen atoms in total. The first-order valence-corrected chi connectivity index (χ1v) is 7.33. The molecule has 0 atom stereocenters.